The number of sulfonamides is 1. The van der Waals surface area contributed by atoms with Crippen molar-refractivity contribution in [1.29, 1.82) is 0 Å². The second-order valence-corrected chi connectivity index (χ2v) is 9.84. The molecule has 1 aromatic heterocycles. The summed E-state index contributed by atoms with van der Waals surface area (Å²) in [5.74, 6) is -0.401. The van der Waals surface area contributed by atoms with E-state index >= 15 is 0 Å². The molecule has 29 heavy (non-hydrogen) atoms. The largest absolute Gasteiger partial charge is 0.459 e. The predicted octanol–water partition coefficient (Wildman–Crippen LogP) is 4.18. The summed E-state index contributed by atoms with van der Waals surface area (Å²) in [6.07, 6.45) is 1.72. The number of esters is 1. The van der Waals surface area contributed by atoms with Crippen molar-refractivity contribution in [1.82, 2.24) is 4.57 Å². The number of carbonyl (C=O) groups is 1. The highest BCUT2D eigenvalue weighted by atomic mass is 35.5. The van der Waals surface area contributed by atoms with Crippen LogP contribution in [0, 0.1) is 0 Å². The van der Waals surface area contributed by atoms with Gasteiger partial charge in [-0.2, -0.15) is 12.8 Å². The zero-order valence-electron chi connectivity index (χ0n) is 16.1. The Morgan fingerprint density at radius 1 is 1.14 bits per heavy atom. The van der Waals surface area contributed by atoms with E-state index in [4.69, 9.17) is 16.3 Å². The van der Waals surface area contributed by atoms with E-state index < -0.39 is 21.6 Å². The van der Waals surface area contributed by atoms with Gasteiger partial charge < -0.3 is 9.30 Å². The van der Waals surface area contributed by atoms with Gasteiger partial charge in [-0.15, -0.1) is 0 Å². The Kier molecular flexibility index (Phi) is 4.55. The van der Waals surface area contributed by atoms with E-state index in [0.717, 1.165) is 5.39 Å². The lowest BCUT2D eigenvalue weighted by molar-refractivity contribution is -0.155. The van der Waals surface area contributed by atoms with Gasteiger partial charge >= 0.3 is 5.97 Å². The van der Waals surface area contributed by atoms with Crippen LogP contribution in [0.3, 0.4) is 0 Å². The smallest absolute Gasteiger partial charge is 0.326 e. The van der Waals surface area contributed by atoms with E-state index in [9.17, 15) is 13.2 Å². The highest BCUT2D eigenvalue weighted by Gasteiger charge is 2.31. The van der Waals surface area contributed by atoms with Crippen molar-refractivity contribution in [3.63, 3.8) is 0 Å². The standard InChI is InChI=1S/C21H19ClN2O4S/c1-21(2,3)28-19(25)12-24-11-16(14-9-8-13(22)10-17(14)24)20-15-6-4-5-7-18(15)29(26,27)23-20/h4-11H,12H2,1-3H3. The molecule has 0 saturated heterocycles. The second kappa shape index (κ2) is 6.71. The first-order chi connectivity index (χ1) is 13.5. The SMILES string of the molecule is CC(C)(C)OC(=O)Cn1cc(C2=NS(=O)(=O)c3ccccc32)c2ccc(Cl)cc21. The van der Waals surface area contributed by atoms with Crippen LogP contribution in [0.5, 0.6) is 0 Å². The number of aromatic nitrogens is 1. The van der Waals surface area contributed by atoms with Crippen LogP contribution >= 0.6 is 11.6 Å². The molecule has 0 bridgehead atoms. The fraction of sp³-hybridized carbons (Fsp3) is 0.238. The Labute approximate surface area is 173 Å². The molecule has 4 rings (SSSR count). The van der Waals surface area contributed by atoms with E-state index in [1.165, 1.54) is 6.07 Å². The normalized spacial score (nSPS) is 15.2. The third-order valence-electron chi connectivity index (χ3n) is 4.45. The van der Waals surface area contributed by atoms with Crippen molar-refractivity contribution in [2.45, 2.75) is 37.8 Å². The minimum absolute atomic E-state index is 0.0320. The van der Waals surface area contributed by atoms with Crippen LogP contribution < -0.4 is 0 Å². The number of fused-ring (bicyclic) bond motifs is 2. The van der Waals surface area contributed by atoms with E-state index in [1.807, 2.05) is 0 Å². The second-order valence-electron chi connectivity index (χ2n) is 7.83. The van der Waals surface area contributed by atoms with Crippen molar-refractivity contribution in [3.8, 4) is 0 Å². The van der Waals surface area contributed by atoms with Crippen LogP contribution in [-0.4, -0.2) is 30.3 Å². The molecule has 0 amide bonds. The minimum atomic E-state index is -3.76. The highest BCUT2D eigenvalue weighted by molar-refractivity contribution is 7.90. The van der Waals surface area contributed by atoms with Gasteiger partial charge in [0.15, 0.2) is 0 Å². The third kappa shape index (κ3) is 3.68. The summed E-state index contributed by atoms with van der Waals surface area (Å²) in [5, 5.41) is 1.26. The lowest BCUT2D eigenvalue weighted by atomic mass is 10.0. The van der Waals surface area contributed by atoms with Crippen molar-refractivity contribution < 1.29 is 17.9 Å². The molecule has 0 fully saturated rings. The summed E-state index contributed by atoms with van der Waals surface area (Å²) in [7, 11) is -3.76. The van der Waals surface area contributed by atoms with E-state index in [1.54, 1.807) is 67.9 Å². The summed E-state index contributed by atoms with van der Waals surface area (Å²) in [6.45, 7) is 5.37. The zero-order chi connectivity index (χ0) is 21.0. The summed E-state index contributed by atoms with van der Waals surface area (Å²) in [6, 6.07) is 12.0. The minimum Gasteiger partial charge on any atom is -0.459 e. The molecular formula is C21H19ClN2O4S. The maximum atomic E-state index is 12.5. The van der Waals surface area contributed by atoms with E-state index in [0.29, 0.717) is 27.4 Å². The number of ether oxygens (including phenoxy) is 1. The molecule has 0 atom stereocenters. The first-order valence-electron chi connectivity index (χ1n) is 9.00. The Balaban J connectivity index is 1.86. The molecule has 0 unspecified atom stereocenters. The summed E-state index contributed by atoms with van der Waals surface area (Å²) in [4.78, 5) is 12.6. The van der Waals surface area contributed by atoms with Gasteiger partial charge in [0.05, 0.1) is 16.1 Å². The van der Waals surface area contributed by atoms with E-state index in [-0.39, 0.29) is 11.4 Å². The summed E-state index contributed by atoms with van der Waals surface area (Å²) < 4.78 is 36.1. The lowest BCUT2D eigenvalue weighted by Crippen LogP contribution is -2.26. The lowest BCUT2D eigenvalue weighted by Gasteiger charge is -2.19. The van der Waals surface area contributed by atoms with Gasteiger partial charge in [-0.1, -0.05) is 35.9 Å². The Bertz CT molecular complexity index is 1280. The molecule has 0 saturated carbocycles. The molecule has 2 aromatic carbocycles. The van der Waals surface area contributed by atoms with Crippen LogP contribution in [0.2, 0.25) is 5.02 Å². The molecule has 0 spiro atoms. The van der Waals surface area contributed by atoms with E-state index in [2.05, 4.69) is 4.40 Å². The maximum absolute atomic E-state index is 12.5. The molecule has 0 aliphatic carbocycles. The molecular weight excluding hydrogens is 412 g/mol. The molecule has 2 heterocycles. The van der Waals surface area contributed by atoms with Gasteiger partial charge in [-0.25, -0.2) is 0 Å². The van der Waals surface area contributed by atoms with Crippen molar-refractivity contribution >= 4 is 44.2 Å². The number of hydrogen-bond donors (Lipinski definition) is 0. The van der Waals surface area contributed by atoms with Crippen LogP contribution in [0.1, 0.15) is 31.9 Å². The highest BCUT2D eigenvalue weighted by Crippen LogP contribution is 2.33. The summed E-state index contributed by atoms with van der Waals surface area (Å²) >= 11 is 6.17. The van der Waals surface area contributed by atoms with Crippen LogP contribution in [0.15, 0.2) is 58.0 Å². The van der Waals surface area contributed by atoms with Crippen molar-refractivity contribution in [3.05, 3.63) is 64.8 Å². The molecule has 1 aliphatic rings. The Morgan fingerprint density at radius 3 is 2.59 bits per heavy atom. The average Bonchev–Trinajstić information content (AvgIpc) is 3.08. The summed E-state index contributed by atoms with van der Waals surface area (Å²) in [5.41, 5.74) is 1.61. The number of halogens is 1. The quantitative estimate of drug-likeness (QED) is 0.584. The number of carbonyl (C=O) groups excluding carboxylic acids is 1. The fourth-order valence-electron chi connectivity index (χ4n) is 3.40. The predicted molar refractivity (Wildman–Crippen MR) is 112 cm³/mol. The first-order valence-corrected chi connectivity index (χ1v) is 10.8. The van der Waals surface area contributed by atoms with Gasteiger partial charge in [0.25, 0.3) is 10.0 Å². The molecule has 150 valence electrons. The number of nitrogens with zero attached hydrogens (tertiary/aromatic N) is 2. The van der Waals surface area contributed by atoms with Gasteiger partial charge in [0.2, 0.25) is 0 Å². The molecule has 1 aliphatic heterocycles. The number of hydrogen-bond acceptors (Lipinski definition) is 4. The number of rotatable bonds is 3. The van der Waals surface area contributed by atoms with Gasteiger partial charge in [-0.3, -0.25) is 4.79 Å². The molecule has 8 heteroatoms. The molecule has 3 aromatic rings. The van der Waals surface area contributed by atoms with Gasteiger partial charge in [0.1, 0.15) is 12.1 Å². The van der Waals surface area contributed by atoms with Gasteiger partial charge in [-0.05, 0) is 39.0 Å². The first kappa shape index (κ1) is 19.7. The zero-order valence-corrected chi connectivity index (χ0v) is 17.7. The fourth-order valence-corrected chi connectivity index (χ4v) is 4.79. The number of benzene rings is 2. The van der Waals surface area contributed by atoms with Crippen molar-refractivity contribution in [2.24, 2.45) is 4.40 Å². The molecule has 6 nitrogen and oxygen atoms in total. The average molecular weight is 431 g/mol. The van der Waals surface area contributed by atoms with Gasteiger partial charge in [0, 0.05) is 27.7 Å². The van der Waals surface area contributed by atoms with Crippen molar-refractivity contribution in [2.75, 3.05) is 0 Å². The Morgan fingerprint density at radius 2 is 1.86 bits per heavy atom. The monoisotopic (exact) mass is 430 g/mol. The molecule has 0 radical (unpaired) electrons. The van der Waals surface area contributed by atoms with Crippen LogP contribution in [0.4, 0.5) is 0 Å². The van der Waals surface area contributed by atoms with Crippen LogP contribution in [-0.2, 0) is 26.1 Å². The van der Waals surface area contributed by atoms with Crippen LogP contribution in [0.25, 0.3) is 10.9 Å². The topological polar surface area (TPSA) is 77.7 Å². The molecule has 0 N–H and O–H groups in total. The Hall–Kier alpha value is -2.64. The maximum Gasteiger partial charge on any atom is 0.326 e. The third-order valence-corrected chi connectivity index (χ3v) is 6.02.